The Morgan fingerprint density at radius 2 is 2.23 bits per heavy atom. The van der Waals surface area contributed by atoms with Crippen molar-refractivity contribution in [2.75, 3.05) is 36.5 Å². The number of hydrogen-bond donors (Lipinski definition) is 1. The number of nitrogens with zero attached hydrogens (tertiary/aromatic N) is 4. The molecule has 1 atom stereocenters. The fourth-order valence-corrected chi connectivity index (χ4v) is 3.05. The van der Waals surface area contributed by atoms with Gasteiger partial charge in [-0.3, -0.25) is 4.79 Å². The smallest absolute Gasteiger partial charge is 0.295 e. The minimum atomic E-state index is -0.108. The van der Waals surface area contributed by atoms with Crippen LogP contribution in [0, 0.1) is 0 Å². The number of aryl methyl sites for hydroxylation is 1. The number of ether oxygens (including phenoxy) is 1. The second-order valence-electron chi connectivity index (χ2n) is 6.32. The highest BCUT2D eigenvalue weighted by Gasteiger charge is 2.21. The van der Waals surface area contributed by atoms with E-state index >= 15 is 0 Å². The molecule has 0 radical (unpaired) electrons. The van der Waals surface area contributed by atoms with Crippen LogP contribution in [-0.2, 0) is 11.8 Å². The van der Waals surface area contributed by atoms with Crippen molar-refractivity contribution >= 4 is 22.8 Å². The molecule has 1 aliphatic rings. The van der Waals surface area contributed by atoms with Crippen LogP contribution in [0.3, 0.4) is 0 Å². The van der Waals surface area contributed by atoms with Crippen LogP contribution in [0.25, 0.3) is 11.1 Å². The maximum absolute atomic E-state index is 11.8. The number of rotatable bonds is 5. The largest absolute Gasteiger partial charge is 0.424 e. The van der Waals surface area contributed by atoms with Crippen molar-refractivity contribution in [3.8, 4) is 0 Å². The van der Waals surface area contributed by atoms with Gasteiger partial charge in [-0.1, -0.05) is 12.1 Å². The van der Waals surface area contributed by atoms with E-state index in [0.717, 1.165) is 36.3 Å². The Bertz CT molecular complexity index is 918. The highest BCUT2D eigenvalue weighted by molar-refractivity contribution is 5.74. The van der Waals surface area contributed by atoms with E-state index in [0.29, 0.717) is 19.2 Å². The molecule has 0 spiro atoms. The molecule has 4 rings (SSSR count). The lowest BCUT2D eigenvalue weighted by atomic mass is 10.2. The van der Waals surface area contributed by atoms with Gasteiger partial charge >= 0.3 is 0 Å². The molecule has 1 aliphatic heterocycles. The minimum Gasteiger partial charge on any atom is -0.424 e. The van der Waals surface area contributed by atoms with Crippen molar-refractivity contribution in [3.63, 3.8) is 0 Å². The monoisotopic (exact) mass is 355 g/mol. The lowest BCUT2D eigenvalue weighted by Crippen LogP contribution is -2.43. The van der Waals surface area contributed by atoms with Crippen molar-refractivity contribution in [1.82, 2.24) is 14.8 Å². The lowest BCUT2D eigenvalue weighted by Gasteiger charge is -2.34. The number of benzene rings is 1. The number of nitrogens with one attached hydrogen (secondary N) is 1. The fourth-order valence-electron chi connectivity index (χ4n) is 3.05. The molecule has 0 saturated carbocycles. The first-order chi connectivity index (χ1) is 12.7. The fraction of sp³-hybridized carbons (Fsp3) is 0.389. The number of morpholine rings is 1. The number of para-hydroxylation sites is 2. The molecule has 26 heavy (non-hydrogen) atoms. The molecule has 1 aromatic carbocycles. The van der Waals surface area contributed by atoms with Crippen molar-refractivity contribution in [2.45, 2.75) is 12.5 Å². The maximum atomic E-state index is 11.8. The van der Waals surface area contributed by atoms with Crippen LogP contribution in [0.5, 0.6) is 0 Å². The molecule has 8 nitrogen and oxygen atoms in total. The van der Waals surface area contributed by atoms with Gasteiger partial charge in [-0.25, -0.2) is 4.68 Å². The van der Waals surface area contributed by atoms with E-state index in [1.165, 1.54) is 4.68 Å². The zero-order valence-corrected chi connectivity index (χ0v) is 14.6. The van der Waals surface area contributed by atoms with Crippen molar-refractivity contribution in [3.05, 3.63) is 46.9 Å². The molecule has 1 unspecified atom stereocenters. The normalized spacial score (nSPS) is 17.6. The van der Waals surface area contributed by atoms with Crippen LogP contribution in [0.2, 0.25) is 0 Å². The Balaban J connectivity index is 1.33. The second-order valence-corrected chi connectivity index (χ2v) is 6.32. The van der Waals surface area contributed by atoms with Gasteiger partial charge < -0.3 is 19.4 Å². The Hall–Kier alpha value is -2.87. The molecule has 3 heterocycles. The number of hydrogen-bond acceptors (Lipinski definition) is 7. The van der Waals surface area contributed by atoms with Crippen molar-refractivity contribution in [2.24, 2.45) is 7.05 Å². The molecular weight excluding hydrogens is 334 g/mol. The van der Waals surface area contributed by atoms with Crippen LogP contribution < -0.4 is 15.8 Å². The lowest BCUT2D eigenvalue weighted by molar-refractivity contribution is 0.0374. The summed E-state index contributed by atoms with van der Waals surface area (Å²) < 4.78 is 12.8. The summed E-state index contributed by atoms with van der Waals surface area (Å²) in [4.78, 5) is 18.3. The summed E-state index contributed by atoms with van der Waals surface area (Å²) >= 11 is 0. The van der Waals surface area contributed by atoms with Crippen molar-refractivity contribution < 1.29 is 9.15 Å². The Morgan fingerprint density at radius 1 is 1.35 bits per heavy atom. The summed E-state index contributed by atoms with van der Waals surface area (Å²) in [5.74, 6) is 0. The number of anilines is 2. The molecule has 3 aromatic rings. The SMILES string of the molecule is Cn1ncc(N2CCOC(CCNc3nc4ccccc4o3)C2)cc1=O. The molecule has 0 bridgehead atoms. The molecule has 8 heteroatoms. The average Bonchev–Trinajstić information content (AvgIpc) is 3.07. The van der Waals surface area contributed by atoms with Crippen LogP contribution >= 0.6 is 0 Å². The standard InChI is InChI=1S/C18H21N5O3/c1-22-17(24)10-13(11-20-22)23-8-9-25-14(12-23)6-7-19-18-21-15-4-2-3-5-16(15)26-18/h2-5,10-11,14H,6-9,12H2,1H3,(H,19,21). The van der Waals surface area contributed by atoms with Gasteiger partial charge in [-0.2, -0.15) is 10.1 Å². The quantitative estimate of drug-likeness (QED) is 0.744. The maximum Gasteiger partial charge on any atom is 0.295 e. The molecule has 1 fully saturated rings. The average molecular weight is 355 g/mol. The molecular formula is C18H21N5O3. The minimum absolute atomic E-state index is 0.0738. The third-order valence-electron chi connectivity index (χ3n) is 4.49. The summed E-state index contributed by atoms with van der Waals surface area (Å²) in [5.41, 5.74) is 2.35. The summed E-state index contributed by atoms with van der Waals surface area (Å²) in [6, 6.07) is 9.82. The zero-order chi connectivity index (χ0) is 17.9. The Labute approximate surface area is 150 Å². The second kappa shape index (κ2) is 7.17. The van der Waals surface area contributed by atoms with Crippen LogP contribution in [-0.4, -0.2) is 47.1 Å². The third kappa shape index (κ3) is 3.55. The Kier molecular flexibility index (Phi) is 4.57. The van der Waals surface area contributed by atoms with E-state index < -0.39 is 0 Å². The van der Waals surface area contributed by atoms with Crippen molar-refractivity contribution in [1.29, 1.82) is 0 Å². The highest BCUT2D eigenvalue weighted by atomic mass is 16.5. The van der Waals surface area contributed by atoms with E-state index in [-0.39, 0.29) is 11.7 Å². The van der Waals surface area contributed by atoms with Gasteiger partial charge in [-0.05, 0) is 18.6 Å². The first-order valence-corrected chi connectivity index (χ1v) is 8.68. The molecule has 136 valence electrons. The van der Waals surface area contributed by atoms with E-state index in [1.54, 1.807) is 19.3 Å². The predicted octanol–water partition coefficient (Wildman–Crippen LogP) is 1.63. The highest BCUT2D eigenvalue weighted by Crippen LogP contribution is 2.19. The zero-order valence-electron chi connectivity index (χ0n) is 14.6. The number of oxazole rings is 1. The van der Waals surface area contributed by atoms with Crippen LogP contribution in [0.1, 0.15) is 6.42 Å². The molecule has 0 amide bonds. The summed E-state index contributed by atoms with van der Waals surface area (Å²) in [7, 11) is 1.64. The van der Waals surface area contributed by atoms with Gasteiger partial charge in [0.15, 0.2) is 5.58 Å². The van der Waals surface area contributed by atoms with Gasteiger partial charge in [0.2, 0.25) is 0 Å². The first kappa shape index (κ1) is 16.6. The third-order valence-corrected chi connectivity index (χ3v) is 4.49. The summed E-state index contributed by atoms with van der Waals surface area (Å²) in [6.07, 6.45) is 2.61. The molecule has 0 aliphatic carbocycles. The first-order valence-electron chi connectivity index (χ1n) is 8.68. The number of aromatic nitrogens is 3. The van der Waals surface area contributed by atoms with E-state index in [2.05, 4.69) is 20.3 Å². The van der Waals surface area contributed by atoms with E-state index in [1.807, 2.05) is 24.3 Å². The molecule has 2 aromatic heterocycles. The predicted molar refractivity (Wildman–Crippen MR) is 98.5 cm³/mol. The summed E-state index contributed by atoms with van der Waals surface area (Å²) in [5, 5.41) is 7.30. The van der Waals surface area contributed by atoms with E-state index in [9.17, 15) is 4.79 Å². The van der Waals surface area contributed by atoms with Crippen LogP contribution in [0.15, 0.2) is 45.7 Å². The Morgan fingerprint density at radius 3 is 3.08 bits per heavy atom. The van der Waals surface area contributed by atoms with E-state index in [4.69, 9.17) is 9.15 Å². The van der Waals surface area contributed by atoms with Gasteiger partial charge in [-0.15, -0.1) is 0 Å². The van der Waals surface area contributed by atoms with Gasteiger partial charge in [0, 0.05) is 32.7 Å². The van der Waals surface area contributed by atoms with Gasteiger partial charge in [0.1, 0.15) is 5.52 Å². The van der Waals surface area contributed by atoms with Gasteiger partial charge in [0.05, 0.1) is 24.6 Å². The van der Waals surface area contributed by atoms with Crippen LogP contribution in [0.4, 0.5) is 11.7 Å². The summed E-state index contributed by atoms with van der Waals surface area (Å²) in [6.45, 7) is 2.80. The van der Waals surface area contributed by atoms with Gasteiger partial charge in [0.25, 0.3) is 11.6 Å². The molecule has 1 N–H and O–H groups in total. The molecule has 1 saturated heterocycles. The topological polar surface area (TPSA) is 85.4 Å². The number of fused-ring (bicyclic) bond motifs is 1.